The molecule has 0 aliphatic rings. The highest BCUT2D eigenvalue weighted by atomic mass is 32.2. The molecule has 116 valence electrons. The number of hydrogen-bond acceptors (Lipinski definition) is 5. The number of hydrogen-bond donors (Lipinski definition) is 3. The number of carbonyl (C=O) groups excluding carboxylic acids is 2. The molecule has 0 bridgehead atoms. The van der Waals surface area contributed by atoms with Gasteiger partial charge in [-0.25, -0.2) is 13.2 Å². The predicted octanol–water partition coefficient (Wildman–Crippen LogP) is 0.585. The monoisotopic (exact) mass is 313 g/mol. The van der Waals surface area contributed by atoms with Crippen LogP contribution in [-0.2, 0) is 14.6 Å². The largest absolute Gasteiger partial charge is 0.399 e. The number of anilines is 1. The fraction of sp³-hybridized carbons (Fsp3) is 0.385. The van der Waals surface area contributed by atoms with Crippen molar-refractivity contribution in [2.45, 2.75) is 30.9 Å². The van der Waals surface area contributed by atoms with E-state index in [1.54, 1.807) is 13.8 Å². The molecule has 1 rings (SSSR count). The van der Waals surface area contributed by atoms with Gasteiger partial charge in [-0.15, -0.1) is 0 Å². The highest BCUT2D eigenvalue weighted by Gasteiger charge is 2.30. The van der Waals surface area contributed by atoms with Crippen molar-refractivity contribution < 1.29 is 18.0 Å². The first-order valence-corrected chi connectivity index (χ1v) is 7.93. The third-order valence-electron chi connectivity index (χ3n) is 2.98. The Bertz CT molecular complexity index is 655. The average Bonchev–Trinajstić information content (AvgIpc) is 2.40. The molecule has 3 amide bonds. The summed E-state index contributed by atoms with van der Waals surface area (Å²) in [6.45, 7) is 4.92. The highest BCUT2D eigenvalue weighted by Crippen LogP contribution is 2.21. The van der Waals surface area contributed by atoms with E-state index in [9.17, 15) is 18.0 Å². The number of nitrogen functional groups attached to an aromatic ring is 1. The number of sulfone groups is 1. The molecule has 0 heterocycles. The minimum Gasteiger partial charge on any atom is -0.399 e. The first kappa shape index (κ1) is 17.0. The Morgan fingerprint density at radius 1 is 1.33 bits per heavy atom. The van der Waals surface area contributed by atoms with Crippen molar-refractivity contribution in [3.63, 3.8) is 0 Å². The Kier molecular flexibility index (Phi) is 5.31. The first-order chi connectivity index (χ1) is 9.70. The first-order valence-electron chi connectivity index (χ1n) is 6.38. The molecular formula is C13H19N3O4S. The summed E-state index contributed by atoms with van der Waals surface area (Å²) in [5.41, 5.74) is 6.71. The van der Waals surface area contributed by atoms with Gasteiger partial charge in [-0.2, -0.15) is 0 Å². The number of urea groups is 1. The lowest BCUT2D eigenvalue weighted by atomic mass is 10.2. The molecule has 0 spiro atoms. The van der Waals surface area contributed by atoms with E-state index in [1.165, 1.54) is 25.1 Å². The summed E-state index contributed by atoms with van der Waals surface area (Å²) in [6, 6.07) is 3.49. The molecule has 0 saturated heterocycles. The summed E-state index contributed by atoms with van der Waals surface area (Å²) in [6.07, 6.45) is 0. The second-order valence-electron chi connectivity index (χ2n) is 4.55. The number of nitrogens with one attached hydrogen (secondary N) is 2. The van der Waals surface area contributed by atoms with Crippen LogP contribution in [0.4, 0.5) is 10.5 Å². The van der Waals surface area contributed by atoms with Gasteiger partial charge in [0, 0.05) is 12.2 Å². The molecule has 1 aromatic rings. The van der Waals surface area contributed by atoms with Crippen molar-refractivity contribution in [1.29, 1.82) is 0 Å². The van der Waals surface area contributed by atoms with Gasteiger partial charge in [0.25, 0.3) is 0 Å². The molecule has 0 saturated carbocycles. The van der Waals surface area contributed by atoms with Crippen LogP contribution in [0.2, 0.25) is 0 Å². The van der Waals surface area contributed by atoms with E-state index in [0.717, 1.165) is 0 Å². The Morgan fingerprint density at radius 2 is 1.95 bits per heavy atom. The number of nitrogens with two attached hydrogens (primary N) is 1. The molecule has 4 N–H and O–H groups in total. The number of amides is 3. The van der Waals surface area contributed by atoms with Crippen LogP contribution in [0.3, 0.4) is 0 Å². The highest BCUT2D eigenvalue weighted by molar-refractivity contribution is 7.92. The van der Waals surface area contributed by atoms with E-state index in [2.05, 4.69) is 5.32 Å². The fourth-order valence-electron chi connectivity index (χ4n) is 1.59. The van der Waals surface area contributed by atoms with Crippen LogP contribution in [0.5, 0.6) is 0 Å². The zero-order valence-corrected chi connectivity index (χ0v) is 13.0. The third-order valence-corrected chi connectivity index (χ3v) is 5.03. The molecule has 0 radical (unpaired) electrons. The molecule has 0 fully saturated rings. The molecule has 21 heavy (non-hydrogen) atoms. The maximum atomic E-state index is 12.3. The summed E-state index contributed by atoms with van der Waals surface area (Å²) < 4.78 is 24.7. The number of carbonyl (C=O) groups is 2. The van der Waals surface area contributed by atoms with Crippen LogP contribution in [-0.4, -0.2) is 32.2 Å². The van der Waals surface area contributed by atoms with Gasteiger partial charge in [0.15, 0.2) is 9.84 Å². The summed E-state index contributed by atoms with van der Waals surface area (Å²) in [5, 5.41) is 2.96. The SMILES string of the molecule is CCNC(=O)NC(=O)C(C)S(=O)(=O)c1ccc(N)c(C)c1. The quantitative estimate of drug-likeness (QED) is 0.703. The lowest BCUT2D eigenvalue weighted by Gasteiger charge is -2.13. The Hall–Kier alpha value is -2.09. The third kappa shape index (κ3) is 3.94. The van der Waals surface area contributed by atoms with E-state index < -0.39 is 27.0 Å². The second kappa shape index (κ2) is 6.57. The minimum absolute atomic E-state index is 0.00671. The predicted molar refractivity (Wildman–Crippen MR) is 79.5 cm³/mol. The van der Waals surface area contributed by atoms with E-state index in [1.807, 2.05) is 5.32 Å². The molecule has 1 atom stereocenters. The molecule has 1 unspecified atom stereocenters. The Morgan fingerprint density at radius 3 is 2.48 bits per heavy atom. The van der Waals surface area contributed by atoms with Gasteiger partial charge in [0.2, 0.25) is 5.91 Å². The molecule has 7 nitrogen and oxygen atoms in total. The van der Waals surface area contributed by atoms with Crippen LogP contribution in [0.1, 0.15) is 19.4 Å². The van der Waals surface area contributed by atoms with Crippen molar-refractivity contribution in [3.8, 4) is 0 Å². The van der Waals surface area contributed by atoms with E-state index >= 15 is 0 Å². The Labute approximate surface area is 123 Å². The molecule has 1 aromatic carbocycles. The molecule has 0 aliphatic carbocycles. The van der Waals surface area contributed by atoms with Gasteiger partial charge < -0.3 is 11.1 Å². The molecule has 8 heteroatoms. The van der Waals surface area contributed by atoms with E-state index in [0.29, 0.717) is 17.8 Å². The van der Waals surface area contributed by atoms with Gasteiger partial charge in [0.1, 0.15) is 5.25 Å². The molecule has 0 aromatic heterocycles. The zero-order valence-electron chi connectivity index (χ0n) is 12.1. The molecular weight excluding hydrogens is 294 g/mol. The van der Waals surface area contributed by atoms with Crippen molar-refractivity contribution in [3.05, 3.63) is 23.8 Å². The topological polar surface area (TPSA) is 118 Å². The van der Waals surface area contributed by atoms with Crippen LogP contribution in [0.15, 0.2) is 23.1 Å². The number of aryl methyl sites for hydroxylation is 1. The summed E-state index contributed by atoms with van der Waals surface area (Å²) in [7, 11) is -3.89. The van der Waals surface area contributed by atoms with Crippen molar-refractivity contribution >= 4 is 27.5 Å². The van der Waals surface area contributed by atoms with Gasteiger partial charge in [-0.1, -0.05) is 0 Å². The van der Waals surface area contributed by atoms with E-state index in [4.69, 9.17) is 5.73 Å². The average molecular weight is 313 g/mol. The standard InChI is InChI=1S/C13H19N3O4S/c1-4-15-13(18)16-12(17)9(3)21(19,20)10-5-6-11(14)8(2)7-10/h5-7,9H,4,14H2,1-3H3,(H2,15,16,17,18). The normalized spacial score (nSPS) is 12.5. The number of imide groups is 1. The second-order valence-corrected chi connectivity index (χ2v) is 6.82. The van der Waals surface area contributed by atoms with Crippen molar-refractivity contribution in [2.75, 3.05) is 12.3 Å². The smallest absolute Gasteiger partial charge is 0.321 e. The summed E-state index contributed by atoms with van der Waals surface area (Å²) in [5.74, 6) is -0.879. The maximum absolute atomic E-state index is 12.3. The Balaban J connectivity index is 2.98. The minimum atomic E-state index is -3.89. The zero-order chi connectivity index (χ0) is 16.2. The summed E-state index contributed by atoms with van der Waals surface area (Å²) >= 11 is 0. The lowest BCUT2D eigenvalue weighted by Crippen LogP contribution is -2.45. The van der Waals surface area contributed by atoms with Crippen LogP contribution in [0.25, 0.3) is 0 Å². The van der Waals surface area contributed by atoms with Gasteiger partial charge >= 0.3 is 6.03 Å². The lowest BCUT2D eigenvalue weighted by molar-refractivity contribution is -0.119. The van der Waals surface area contributed by atoms with Crippen LogP contribution < -0.4 is 16.4 Å². The fourth-order valence-corrected chi connectivity index (χ4v) is 2.94. The molecule has 0 aliphatic heterocycles. The van der Waals surface area contributed by atoms with Crippen LogP contribution in [0, 0.1) is 6.92 Å². The van der Waals surface area contributed by atoms with Crippen molar-refractivity contribution in [1.82, 2.24) is 10.6 Å². The van der Waals surface area contributed by atoms with Gasteiger partial charge in [-0.05, 0) is 44.5 Å². The van der Waals surface area contributed by atoms with Gasteiger partial charge in [0.05, 0.1) is 4.90 Å². The summed E-state index contributed by atoms with van der Waals surface area (Å²) in [4.78, 5) is 23.1. The maximum Gasteiger partial charge on any atom is 0.321 e. The number of rotatable bonds is 4. The van der Waals surface area contributed by atoms with Gasteiger partial charge in [-0.3, -0.25) is 10.1 Å². The van der Waals surface area contributed by atoms with Crippen molar-refractivity contribution in [2.24, 2.45) is 0 Å². The van der Waals surface area contributed by atoms with Crippen LogP contribution >= 0.6 is 0 Å². The van der Waals surface area contributed by atoms with E-state index in [-0.39, 0.29) is 4.90 Å². The number of benzene rings is 1.